The summed E-state index contributed by atoms with van der Waals surface area (Å²) in [6, 6.07) is 0.343. The van der Waals surface area contributed by atoms with Gasteiger partial charge in [-0.15, -0.1) is 0 Å². The summed E-state index contributed by atoms with van der Waals surface area (Å²) < 4.78 is 0. The molecule has 0 spiro atoms. The van der Waals surface area contributed by atoms with Crippen molar-refractivity contribution >= 4 is 0 Å². The molecule has 0 saturated carbocycles. The first-order valence-corrected chi connectivity index (χ1v) is 10.1. The van der Waals surface area contributed by atoms with Crippen LogP contribution in [0.3, 0.4) is 0 Å². The van der Waals surface area contributed by atoms with Gasteiger partial charge in [-0.1, -0.05) is 71.1 Å². The van der Waals surface area contributed by atoms with Crippen LogP contribution in [0.2, 0.25) is 0 Å². The first-order chi connectivity index (χ1) is 11.2. The van der Waals surface area contributed by atoms with Crippen molar-refractivity contribution in [2.75, 3.05) is 19.6 Å². The zero-order valence-corrected chi connectivity index (χ0v) is 15.9. The van der Waals surface area contributed by atoms with E-state index in [0.29, 0.717) is 6.04 Å². The van der Waals surface area contributed by atoms with Crippen LogP contribution in [0.4, 0.5) is 0 Å². The summed E-state index contributed by atoms with van der Waals surface area (Å²) in [6.07, 6.45) is 18.0. The normalized spacial score (nSPS) is 11.9. The average Bonchev–Trinajstić information content (AvgIpc) is 2.55. The molecule has 1 unspecified atom stereocenters. The van der Waals surface area contributed by atoms with Crippen molar-refractivity contribution in [3.8, 4) is 0 Å². The zero-order valence-electron chi connectivity index (χ0n) is 15.9. The zero-order chi connectivity index (χ0) is 17.6. The molecule has 0 rings (SSSR count). The smallest absolute Gasteiger partial charge is 0.00508 e. The minimum absolute atomic E-state index is 0.343. The van der Waals surface area contributed by atoms with Crippen molar-refractivity contribution in [1.82, 2.24) is 0 Å². The van der Waals surface area contributed by atoms with Gasteiger partial charge in [-0.05, 0) is 45.3 Å². The van der Waals surface area contributed by atoms with Crippen molar-refractivity contribution in [3.63, 3.8) is 0 Å². The van der Waals surface area contributed by atoms with Crippen LogP contribution in [-0.2, 0) is 0 Å². The second-order valence-electron chi connectivity index (χ2n) is 6.59. The molecular weight excluding hydrogens is 284 g/mol. The summed E-state index contributed by atoms with van der Waals surface area (Å²) in [4.78, 5) is 0. The third kappa shape index (κ3) is 27.0. The molecule has 4 nitrogen and oxygen atoms in total. The van der Waals surface area contributed by atoms with E-state index < -0.39 is 0 Å². The van der Waals surface area contributed by atoms with Crippen molar-refractivity contribution < 1.29 is 0 Å². The summed E-state index contributed by atoms with van der Waals surface area (Å²) in [7, 11) is 0. The summed E-state index contributed by atoms with van der Waals surface area (Å²) >= 11 is 0. The quantitative estimate of drug-likeness (QED) is 0.324. The highest BCUT2D eigenvalue weighted by atomic mass is 14.6. The Labute approximate surface area is 146 Å². The number of hydrogen-bond acceptors (Lipinski definition) is 4. The van der Waals surface area contributed by atoms with Crippen molar-refractivity contribution in [2.45, 2.75) is 103 Å². The molecule has 0 aromatic heterocycles. The van der Waals surface area contributed by atoms with Gasteiger partial charge >= 0.3 is 0 Å². The Bertz CT molecular complexity index is 176. The van der Waals surface area contributed by atoms with Crippen molar-refractivity contribution in [2.24, 2.45) is 22.9 Å². The SMILES string of the molecule is CCCCC(N)CCN.NCCCCCCCCCCCCN. The van der Waals surface area contributed by atoms with E-state index in [-0.39, 0.29) is 0 Å². The number of unbranched alkanes of at least 4 members (excludes halogenated alkanes) is 10. The van der Waals surface area contributed by atoms with Crippen LogP contribution in [0.5, 0.6) is 0 Å². The molecule has 0 aliphatic rings. The molecule has 4 heteroatoms. The number of hydrogen-bond donors (Lipinski definition) is 4. The Kier molecular flexibility index (Phi) is 26.3. The van der Waals surface area contributed by atoms with E-state index in [0.717, 1.165) is 32.5 Å². The van der Waals surface area contributed by atoms with Crippen molar-refractivity contribution in [1.29, 1.82) is 0 Å². The highest BCUT2D eigenvalue weighted by Gasteiger charge is 1.97. The summed E-state index contributed by atoms with van der Waals surface area (Å²) in [6.45, 7) is 4.62. The van der Waals surface area contributed by atoms with Crippen LogP contribution < -0.4 is 22.9 Å². The van der Waals surface area contributed by atoms with Gasteiger partial charge in [0, 0.05) is 6.04 Å². The van der Waals surface area contributed by atoms with Gasteiger partial charge in [0.1, 0.15) is 0 Å². The second-order valence-corrected chi connectivity index (χ2v) is 6.59. The van der Waals surface area contributed by atoms with E-state index in [1.165, 1.54) is 77.0 Å². The van der Waals surface area contributed by atoms with Gasteiger partial charge in [0.05, 0.1) is 0 Å². The Hall–Kier alpha value is -0.160. The van der Waals surface area contributed by atoms with Crippen LogP contribution in [0, 0.1) is 0 Å². The highest BCUT2D eigenvalue weighted by molar-refractivity contribution is 4.60. The standard InChI is InChI=1S/C12H28N2.C7H18N2/c13-11-9-7-5-3-1-2-4-6-8-10-12-14;1-2-3-4-7(9)5-6-8/h1-14H2;7H,2-6,8-9H2,1H3. The molecular formula is C19H46N4. The first-order valence-electron chi connectivity index (χ1n) is 10.1. The Morgan fingerprint density at radius 1 is 0.522 bits per heavy atom. The van der Waals surface area contributed by atoms with Gasteiger partial charge < -0.3 is 22.9 Å². The molecule has 0 amide bonds. The van der Waals surface area contributed by atoms with Crippen molar-refractivity contribution in [3.05, 3.63) is 0 Å². The Balaban J connectivity index is 0. The topological polar surface area (TPSA) is 104 Å². The average molecular weight is 331 g/mol. The molecule has 0 fully saturated rings. The molecule has 0 saturated heterocycles. The fourth-order valence-corrected chi connectivity index (χ4v) is 2.53. The minimum atomic E-state index is 0.343. The van der Waals surface area contributed by atoms with E-state index >= 15 is 0 Å². The van der Waals surface area contributed by atoms with E-state index in [2.05, 4.69) is 6.92 Å². The monoisotopic (exact) mass is 330 g/mol. The van der Waals surface area contributed by atoms with Gasteiger partial charge in [0.25, 0.3) is 0 Å². The molecule has 142 valence electrons. The predicted molar refractivity (Wildman–Crippen MR) is 105 cm³/mol. The molecule has 0 aromatic carbocycles. The van der Waals surface area contributed by atoms with E-state index in [1.54, 1.807) is 0 Å². The Morgan fingerprint density at radius 2 is 0.913 bits per heavy atom. The van der Waals surface area contributed by atoms with Crippen LogP contribution in [0.25, 0.3) is 0 Å². The molecule has 0 heterocycles. The third-order valence-corrected chi connectivity index (χ3v) is 4.12. The molecule has 23 heavy (non-hydrogen) atoms. The highest BCUT2D eigenvalue weighted by Crippen LogP contribution is 2.09. The third-order valence-electron chi connectivity index (χ3n) is 4.12. The maximum Gasteiger partial charge on any atom is 0.00508 e. The lowest BCUT2D eigenvalue weighted by molar-refractivity contribution is 0.547. The lowest BCUT2D eigenvalue weighted by Gasteiger charge is -2.07. The molecule has 0 aliphatic heterocycles. The van der Waals surface area contributed by atoms with E-state index in [1.807, 2.05) is 0 Å². The van der Waals surface area contributed by atoms with Crippen LogP contribution in [0.15, 0.2) is 0 Å². The maximum atomic E-state index is 5.69. The maximum absolute atomic E-state index is 5.69. The van der Waals surface area contributed by atoms with Gasteiger partial charge in [-0.25, -0.2) is 0 Å². The van der Waals surface area contributed by atoms with Crippen LogP contribution in [0.1, 0.15) is 96.8 Å². The van der Waals surface area contributed by atoms with Gasteiger partial charge in [-0.3, -0.25) is 0 Å². The minimum Gasteiger partial charge on any atom is -0.330 e. The number of rotatable bonds is 16. The molecule has 0 aliphatic carbocycles. The molecule has 8 N–H and O–H groups in total. The van der Waals surface area contributed by atoms with Crippen LogP contribution >= 0.6 is 0 Å². The summed E-state index contributed by atoms with van der Waals surface area (Å²) in [5.74, 6) is 0. The largest absolute Gasteiger partial charge is 0.330 e. The van der Waals surface area contributed by atoms with Gasteiger partial charge in [0.2, 0.25) is 0 Å². The lowest BCUT2D eigenvalue weighted by Crippen LogP contribution is -2.23. The first kappa shape index (κ1) is 25.1. The molecule has 0 bridgehead atoms. The fourth-order valence-electron chi connectivity index (χ4n) is 2.53. The lowest BCUT2D eigenvalue weighted by atomic mass is 10.1. The summed E-state index contributed by atoms with van der Waals surface area (Å²) in [5.41, 5.74) is 21.9. The van der Waals surface area contributed by atoms with Crippen LogP contribution in [-0.4, -0.2) is 25.7 Å². The van der Waals surface area contributed by atoms with E-state index in [4.69, 9.17) is 22.9 Å². The molecule has 0 radical (unpaired) electrons. The second kappa shape index (κ2) is 24.1. The fraction of sp³-hybridized carbons (Fsp3) is 1.00. The summed E-state index contributed by atoms with van der Waals surface area (Å²) in [5, 5.41) is 0. The molecule has 1 atom stereocenters. The molecule has 0 aromatic rings. The van der Waals surface area contributed by atoms with E-state index in [9.17, 15) is 0 Å². The Morgan fingerprint density at radius 3 is 1.22 bits per heavy atom. The van der Waals surface area contributed by atoms with Gasteiger partial charge in [-0.2, -0.15) is 0 Å². The predicted octanol–water partition coefficient (Wildman–Crippen LogP) is 3.66. The number of nitrogens with two attached hydrogens (primary N) is 4. The van der Waals surface area contributed by atoms with Gasteiger partial charge in [0.15, 0.2) is 0 Å².